The van der Waals surface area contributed by atoms with Crippen molar-refractivity contribution >= 4 is 16.9 Å². The molecule has 1 amide bonds. The number of aromatic amines is 1. The highest BCUT2D eigenvalue weighted by atomic mass is 16.2. The second kappa shape index (κ2) is 6.08. The fourth-order valence-corrected chi connectivity index (χ4v) is 4.18. The number of allylic oxidation sites excluding steroid dienone is 2. The van der Waals surface area contributed by atoms with Gasteiger partial charge in [0, 0.05) is 5.92 Å². The van der Waals surface area contributed by atoms with Crippen LogP contribution in [0.25, 0.3) is 11.0 Å². The number of para-hydroxylation sites is 2. The molecule has 2 N–H and O–H groups in total. The number of aromatic nitrogens is 2. The van der Waals surface area contributed by atoms with E-state index in [1.807, 2.05) is 24.3 Å². The summed E-state index contributed by atoms with van der Waals surface area (Å²) >= 11 is 0. The molecule has 1 heterocycles. The molecule has 2 aromatic rings. The predicted octanol–water partition coefficient (Wildman–Crippen LogP) is 3.98. The zero-order valence-corrected chi connectivity index (χ0v) is 14.3. The number of rotatable bonds is 5. The van der Waals surface area contributed by atoms with Gasteiger partial charge in [0.05, 0.1) is 17.1 Å². The van der Waals surface area contributed by atoms with Gasteiger partial charge in [0.1, 0.15) is 5.82 Å². The minimum atomic E-state index is -0.0574. The average molecular weight is 323 g/mol. The Bertz CT molecular complexity index is 745. The van der Waals surface area contributed by atoms with E-state index in [1.54, 1.807) is 0 Å². The number of nitrogens with one attached hydrogen (secondary N) is 2. The van der Waals surface area contributed by atoms with E-state index < -0.39 is 0 Å². The molecule has 4 heteroatoms. The third-order valence-corrected chi connectivity index (χ3v) is 5.83. The molecule has 4 nitrogen and oxygen atoms in total. The largest absolute Gasteiger partial charge is 0.346 e. The van der Waals surface area contributed by atoms with Crippen LogP contribution in [0, 0.1) is 23.7 Å². The van der Waals surface area contributed by atoms with Gasteiger partial charge >= 0.3 is 0 Å². The molecule has 1 aromatic heterocycles. The van der Waals surface area contributed by atoms with Crippen LogP contribution in [0.5, 0.6) is 0 Å². The first-order valence-corrected chi connectivity index (χ1v) is 9.09. The second-order valence-electron chi connectivity index (χ2n) is 7.40. The normalized spacial score (nSPS) is 27.5. The summed E-state index contributed by atoms with van der Waals surface area (Å²) in [7, 11) is 0. The third-order valence-electron chi connectivity index (χ3n) is 5.83. The van der Waals surface area contributed by atoms with Gasteiger partial charge in [-0.25, -0.2) is 4.98 Å². The Balaban J connectivity index is 1.57. The summed E-state index contributed by atoms with van der Waals surface area (Å²) in [5, 5.41) is 3.31. The number of benzene rings is 1. The molecular weight excluding hydrogens is 298 g/mol. The number of carbonyl (C=O) groups excluding carboxylic acids is 1. The molecule has 1 fully saturated rings. The lowest BCUT2D eigenvalue weighted by Crippen LogP contribution is -2.38. The number of hydrogen-bond donors (Lipinski definition) is 2. The van der Waals surface area contributed by atoms with Crippen LogP contribution in [0.15, 0.2) is 36.4 Å². The smallest absolute Gasteiger partial charge is 0.224 e. The predicted molar refractivity (Wildman–Crippen MR) is 95.3 cm³/mol. The highest BCUT2D eigenvalue weighted by Gasteiger charge is 2.40. The summed E-state index contributed by atoms with van der Waals surface area (Å²) in [5.74, 6) is 2.58. The second-order valence-corrected chi connectivity index (χ2v) is 7.40. The summed E-state index contributed by atoms with van der Waals surface area (Å²) in [4.78, 5) is 21.0. The maximum atomic E-state index is 12.9. The molecule has 4 rings (SSSR count). The molecule has 0 aliphatic heterocycles. The number of nitrogens with zero attached hydrogens (tertiary/aromatic N) is 1. The van der Waals surface area contributed by atoms with E-state index in [1.165, 1.54) is 0 Å². The summed E-state index contributed by atoms with van der Waals surface area (Å²) in [6.45, 7) is 4.34. The number of hydrogen-bond acceptors (Lipinski definition) is 2. The molecule has 0 radical (unpaired) electrons. The minimum Gasteiger partial charge on any atom is -0.346 e. The highest BCUT2D eigenvalue weighted by Crippen LogP contribution is 2.43. The van der Waals surface area contributed by atoms with Gasteiger partial charge in [0.15, 0.2) is 0 Å². The summed E-state index contributed by atoms with van der Waals surface area (Å²) in [6.07, 6.45) is 7.66. The summed E-state index contributed by atoms with van der Waals surface area (Å²) in [6, 6.07) is 7.97. The molecule has 2 aliphatic rings. The molecule has 1 aromatic carbocycles. The van der Waals surface area contributed by atoms with Gasteiger partial charge in [-0.05, 0) is 42.7 Å². The van der Waals surface area contributed by atoms with Gasteiger partial charge in [0.25, 0.3) is 0 Å². The number of H-pyrrole nitrogens is 1. The lowest BCUT2D eigenvalue weighted by molar-refractivity contribution is -0.127. The van der Waals surface area contributed by atoms with Gasteiger partial charge < -0.3 is 10.3 Å². The van der Waals surface area contributed by atoms with Crippen LogP contribution in [-0.4, -0.2) is 15.9 Å². The van der Waals surface area contributed by atoms with Crippen LogP contribution in [0.3, 0.4) is 0 Å². The summed E-state index contributed by atoms with van der Waals surface area (Å²) < 4.78 is 0. The fraction of sp³-hybridized carbons (Fsp3) is 0.500. The topological polar surface area (TPSA) is 57.8 Å². The molecule has 0 saturated heterocycles. The fourth-order valence-electron chi connectivity index (χ4n) is 4.18. The van der Waals surface area contributed by atoms with Crippen LogP contribution in [0.4, 0.5) is 0 Å². The van der Waals surface area contributed by atoms with E-state index in [9.17, 15) is 4.79 Å². The van der Waals surface area contributed by atoms with Crippen LogP contribution in [0.2, 0.25) is 0 Å². The first-order chi connectivity index (χ1) is 11.7. The Labute approximate surface area is 142 Å². The van der Waals surface area contributed by atoms with Crippen LogP contribution in [0.1, 0.15) is 45.0 Å². The molecule has 2 bridgehead atoms. The van der Waals surface area contributed by atoms with Crippen molar-refractivity contribution in [2.75, 3.05) is 0 Å². The van der Waals surface area contributed by atoms with Crippen LogP contribution < -0.4 is 5.32 Å². The molecule has 1 saturated carbocycles. The van der Waals surface area contributed by atoms with Gasteiger partial charge in [0.2, 0.25) is 5.91 Å². The van der Waals surface area contributed by atoms with Crippen molar-refractivity contribution in [1.82, 2.24) is 15.3 Å². The van der Waals surface area contributed by atoms with E-state index in [2.05, 4.69) is 36.3 Å². The lowest BCUT2D eigenvalue weighted by Gasteiger charge is -2.26. The van der Waals surface area contributed by atoms with Gasteiger partial charge in [-0.1, -0.05) is 44.6 Å². The van der Waals surface area contributed by atoms with Crippen LogP contribution >= 0.6 is 0 Å². The van der Waals surface area contributed by atoms with Gasteiger partial charge in [-0.15, -0.1) is 0 Å². The zero-order chi connectivity index (χ0) is 16.7. The van der Waals surface area contributed by atoms with Crippen molar-refractivity contribution in [3.63, 3.8) is 0 Å². The first kappa shape index (κ1) is 15.4. The number of fused-ring (bicyclic) bond motifs is 3. The molecule has 5 atom stereocenters. The Morgan fingerprint density at radius 3 is 2.83 bits per heavy atom. The monoisotopic (exact) mass is 323 g/mol. The van der Waals surface area contributed by atoms with Crippen LogP contribution in [-0.2, 0) is 4.79 Å². The number of imidazole rings is 1. The van der Waals surface area contributed by atoms with E-state index in [4.69, 9.17) is 4.98 Å². The Hall–Kier alpha value is -2.10. The zero-order valence-electron chi connectivity index (χ0n) is 14.3. The molecular formula is C20H25N3O. The molecule has 126 valence electrons. The molecule has 24 heavy (non-hydrogen) atoms. The standard InChI is InChI=1S/C20H25N3O/c1-3-12(2)18(19-21-16-6-4-5-7-17(16)22-19)23-20(24)15-11-13-8-9-14(15)10-13/h4-9,12-15,18H,3,10-11H2,1-2H3,(H,21,22)(H,23,24)/t12-,13-,14-,15-,18-/m0/s1. The third kappa shape index (κ3) is 2.64. The van der Waals surface area contributed by atoms with Gasteiger partial charge in [-0.2, -0.15) is 0 Å². The van der Waals surface area contributed by atoms with Crippen molar-refractivity contribution in [3.8, 4) is 0 Å². The number of amides is 1. The lowest BCUT2D eigenvalue weighted by atomic mass is 9.91. The minimum absolute atomic E-state index is 0.0574. The highest BCUT2D eigenvalue weighted by molar-refractivity contribution is 5.81. The SMILES string of the molecule is CC[C@H](C)[C@H](NC(=O)[C@H]1C[C@H]2C=C[C@H]1C2)c1nc2ccccc2[nH]1. The van der Waals surface area contributed by atoms with Crippen molar-refractivity contribution in [3.05, 3.63) is 42.2 Å². The van der Waals surface area contributed by atoms with E-state index in [0.29, 0.717) is 17.8 Å². The summed E-state index contributed by atoms with van der Waals surface area (Å²) in [5.41, 5.74) is 1.98. The number of carbonyl (C=O) groups is 1. The molecule has 0 spiro atoms. The molecule has 0 unspecified atom stereocenters. The van der Waals surface area contributed by atoms with E-state index in [-0.39, 0.29) is 17.9 Å². The van der Waals surface area contributed by atoms with Gasteiger partial charge in [-0.3, -0.25) is 4.79 Å². The van der Waals surface area contributed by atoms with Crippen molar-refractivity contribution < 1.29 is 4.79 Å². The molecule has 2 aliphatic carbocycles. The van der Waals surface area contributed by atoms with Crippen molar-refractivity contribution in [2.45, 2.75) is 39.2 Å². The quantitative estimate of drug-likeness (QED) is 0.818. The Kier molecular flexibility index (Phi) is 3.91. The van der Waals surface area contributed by atoms with E-state index in [0.717, 1.165) is 36.1 Å². The average Bonchev–Trinajstić information content (AvgIpc) is 3.32. The van der Waals surface area contributed by atoms with Crippen molar-refractivity contribution in [1.29, 1.82) is 0 Å². The van der Waals surface area contributed by atoms with Crippen molar-refractivity contribution in [2.24, 2.45) is 23.7 Å². The Morgan fingerprint density at radius 2 is 2.17 bits per heavy atom. The Morgan fingerprint density at radius 1 is 1.33 bits per heavy atom. The maximum Gasteiger partial charge on any atom is 0.224 e. The maximum absolute atomic E-state index is 12.9. The first-order valence-electron chi connectivity index (χ1n) is 9.09. The van der Waals surface area contributed by atoms with E-state index >= 15 is 0 Å².